The fourth-order valence-electron chi connectivity index (χ4n) is 6.66. The fourth-order valence-corrected chi connectivity index (χ4v) is 11.6. The van der Waals surface area contributed by atoms with E-state index >= 15 is 0 Å². The molecule has 0 N–H and O–H groups in total. The molecule has 0 bridgehead atoms. The van der Waals surface area contributed by atoms with E-state index in [0.717, 1.165) is 12.0 Å². The van der Waals surface area contributed by atoms with Gasteiger partial charge in [-0.1, -0.05) is 105 Å². The zero-order chi connectivity index (χ0) is 21.3. The SMILES string of the molecule is CC[C@H]1[N-]C2C=CC=C[C@H]2N1[Si](C)(C)C1C2C=CC=CC2C2C=CC=CC21.[CH3-].[Cl][Ti][Cl]. The van der Waals surface area contributed by atoms with Gasteiger partial charge in [0.1, 0.15) is 8.24 Å². The average molecular weight is 509 g/mol. The molecule has 1 saturated carbocycles. The molecule has 2 fully saturated rings. The summed E-state index contributed by atoms with van der Waals surface area (Å²) in [4.78, 5) is 0. The Balaban J connectivity index is 0.000000645. The molecule has 6 heteroatoms. The molecule has 2 nitrogen and oxygen atoms in total. The van der Waals surface area contributed by atoms with Crippen molar-refractivity contribution in [3.8, 4) is 0 Å². The van der Waals surface area contributed by atoms with Crippen LogP contribution in [0.1, 0.15) is 13.3 Å². The van der Waals surface area contributed by atoms with Crippen molar-refractivity contribution >= 4 is 26.8 Å². The molecular formula is C25H34Cl2N2SiTi-2. The van der Waals surface area contributed by atoms with Gasteiger partial charge in [-0.15, -0.1) is 6.08 Å². The van der Waals surface area contributed by atoms with E-state index in [1.54, 1.807) is 0 Å². The molecule has 0 aromatic rings. The van der Waals surface area contributed by atoms with Crippen LogP contribution >= 0.6 is 18.6 Å². The average Bonchev–Trinajstić information content (AvgIpc) is 3.31. The van der Waals surface area contributed by atoms with E-state index in [-0.39, 0.29) is 7.43 Å². The summed E-state index contributed by atoms with van der Waals surface area (Å²) < 4.78 is 2.89. The third-order valence-electron chi connectivity index (χ3n) is 7.63. The number of halogens is 2. The Morgan fingerprint density at radius 3 is 1.77 bits per heavy atom. The van der Waals surface area contributed by atoms with Crippen molar-refractivity contribution in [1.29, 1.82) is 0 Å². The van der Waals surface area contributed by atoms with Gasteiger partial charge in [0, 0.05) is 6.04 Å². The van der Waals surface area contributed by atoms with Gasteiger partial charge in [0.2, 0.25) is 0 Å². The summed E-state index contributed by atoms with van der Waals surface area (Å²) in [6.45, 7) is 7.56. The topological polar surface area (TPSA) is 17.3 Å². The first-order valence-electron chi connectivity index (χ1n) is 11.0. The van der Waals surface area contributed by atoms with Crippen LogP contribution < -0.4 is 0 Å². The Bertz CT molecular complexity index is 769. The molecule has 1 saturated heterocycles. The Hall–Kier alpha value is -0.129. The first-order chi connectivity index (χ1) is 14.5. The first-order valence-corrected chi connectivity index (χ1v) is 18.4. The number of nitrogens with zero attached hydrogens (tertiary/aromatic N) is 2. The van der Waals surface area contributed by atoms with Crippen LogP contribution in [0.25, 0.3) is 5.32 Å². The van der Waals surface area contributed by atoms with Crippen LogP contribution in [-0.4, -0.2) is 31.1 Å². The molecule has 168 valence electrons. The Labute approximate surface area is 207 Å². The van der Waals surface area contributed by atoms with Gasteiger partial charge in [0.05, 0.1) is 0 Å². The monoisotopic (exact) mass is 508 g/mol. The molecule has 0 radical (unpaired) electrons. The molecule has 0 aromatic heterocycles. The fraction of sp³-hybridized carbons (Fsp3) is 0.480. The van der Waals surface area contributed by atoms with Gasteiger partial charge in [-0.2, -0.15) is 0 Å². The normalized spacial score (nSPS) is 39.3. The summed E-state index contributed by atoms with van der Waals surface area (Å²) in [5.74, 6) is 2.66. The van der Waals surface area contributed by atoms with E-state index in [9.17, 15) is 0 Å². The minimum absolute atomic E-state index is 0. The second kappa shape index (κ2) is 10.9. The zero-order valence-electron chi connectivity index (χ0n) is 18.9. The van der Waals surface area contributed by atoms with Crippen LogP contribution in [0, 0.1) is 31.1 Å². The van der Waals surface area contributed by atoms with Gasteiger partial charge >= 0.3 is 35.6 Å². The molecule has 0 spiro atoms. The quantitative estimate of drug-likeness (QED) is 0.286. The van der Waals surface area contributed by atoms with Crippen LogP contribution in [0.3, 0.4) is 0 Å². The minimum atomic E-state index is -1.76. The van der Waals surface area contributed by atoms with E-state index < -0.39 is 25.3 Å². The summed E-state index contributed by atoms with van der Waals surface area (Å²) in [5.41, 5.74) is 0.734. The first kappa shape index (κ1) is 25.5. The summed E-state index contributed by atoms with van der Waals surface area (Å²) in [5, 5.41) is 5.21. The third-order valence-corrected chi connectivity index (χ3v) is 12.0. The maximum atomic E-state index is 5.21. The van der Waals surface area contributed by atoms with Crippen molar-refractivity contribution in [2.75, 3.05) is 0 Å². The van der Waals surface area contributed by atoms with Gasteiger partial charge < -0.3 is 17.3 Å². The zero-order valence-corrected chi connectivity index (χ0v) is 23.0. The molecule has 0 aromatic carbocycles. The predicted octanol–water partition coefficient (Wildman–Crippen LogP) is 7.41. The van der Waals surface area contributed by atoms with Gasteiger partial charge in [0.25, 0.3) is 0 Å². The molecule has 1 heterocycles. The van der Waals surface area contributed by atoms with Crippen LogP contribution in [-0.2, 0) is 17.0 Å². The molecule has 0 amide bonds. The summed E-state index contributed by atoms with van der Waals surface area (Å²) in [6, 6.07) is 0.814. The van der Waals surface area contributed by atoms with Gasteiger partial charge in [0.15, 0.2) is 0 Å². The van der Waals surface area contributed by atoms with E-state index in [2.05, 4.69) is 97.5 Å². The molecule has 7 atom stereocenters. The number of allylic oxidation sites excluding steroid dienone is 10. The molecule has 5 unspecified atom stereocenters. The van der Waals surface area contributed by atoms with Crippen molar-refractivity contribution in [2.24, 2.45) is 23.7 Å². The van der Waals surface area contributed by atoms with Crippen molar-refractivity contribution in [3.05, 3.63) is 85.7 Å². The van der Waals surface area contributed by atoms with Gasteiger partial charge in [-0.25, -0.2) is 0 Å². The van der Waals surface area contributed by atoms with E-state index in [1.165, 1.54) is 0 Å². The van der Waals surface area contributed by atoms with Crippen LogP contribution in [0.5, 0.6) is 0 Å². The number of hydrogen-bond acceptors (Lipinski definition) is 1. The molecule has 31 heavy (non-hydrogen) atoms. The second-order valence-electron chi connectivity index (χ2n) is 9.30. The third kappa shape index (κ3) is 4.62. The van der Waals surface area contributed by atoms with Crippen LogP contribution in [0.4, 0.5) is 0 Å². The predicted molar refractivity (Wildman–Crippen MR) is 135 cm³/mol. The van der Waals surface area contributed by atoms with E-state index in [0.29, 0.717) is 41.9 Å². The Kier molecular flexibility index (Phi) is 8.94. The molecule has 5 rings (SSSR count). The molecule has 1 aliphatic heterocycles. The molecular weight excluding hydrogens is 475 g/mol. The second-order valence-corrected chi connectivity index (χ2v) is 16.4. The van der Waals surface area contributed by atoms with Gasteiger partial charge in [-0.3, -0.25) is 0 Å². The standard InChI is InChI=1S/C24H31N2Si.CH3.2ClH.Ti/c1-4-23-25-21-15-9-10-16-22(21)26(23)27(2,3)24-19-13-7-5-11-17(19)18-12-6-8-14-20(18)24;;;;/h5-24H,4H2,1-3H3;1H3;2*1H;/q2*-1;;;+2/p-2/t17?,18?,19?,20?,21?,22-,23+,24?;;;;/m1..../s1. The summed E-state index contributed by atoms with van der Waals surface area (Å²) >= 11 is -0.556. The van der Waals surface area contributed by atoms with Crippen LogP contribution in [0.15, 0.2) is 72.9 Å². The van der Waals surface area contributed by atoms with Gasteiger partial charge in [-0.05, 0) is 29.2 Å². The number of fused-ring (bicyclic) bond motifs is 4. The summed E-state index contributed by atoms with van der Waals surface area (Å²) in [7, 11) is 8.02. The van der Waals surface area contributed by atoms with Crippen molar-refractivity contribution in [3.63, 3.8) is 0 Å². The summed E-state index contributed by atoms with van der Waals surface area (Å²) in [6.07, 6.45) is 29.8. The van der Waals surface area contributed by atoms with E-state index in [1.807, 2.05) is 0 Å². The van der Waals surface area contributed by atoms with Crippen LogP contribution in [0.2, 0.25) is 18.6 Å². The van der Waals surface area contributed by atoms with Crippen molar-refractivity contribution in [1.82, 2.24) is 4.57 Å². The maximum absolute atomic E-state index is 5.21. The van der Waals surface area contributed by atoms with E-state index in [4.69, 9.17) is 23.9 Å². The Morgan fingerprint density at radius 1 is 0.806 bits per heavy atom. The van der Waals surface area contributed by atoms with Crippen molar-refractivity contribution < 1.29 is 17.0 Å². The number of rotatable bonds is 3. The molecule has 4 aliphatic carbocycles. The number of hydrogen-bond donors (Lipinski definition) is 0. The molecule has 5 aliphatic rings. The van der Waals surface area contributed by atoms with Crippen molar-refractivity contribution in [2.45, 2.75) is 50.2 Å². The Morgan fingerprint density at radius 2 is 1.26 bits per heavy atom.